The second-order valence-corrected chi connectivity index (χ2v) is 4.47. The monoisotopic (exact) mass is 274 g/mol. The molecule has 108 valence electrons. The minimum absolute atomic E-state index is 0.201. The Kier molecular flexibility index (Phi) is 6.61. The molecule has 0 fully saturated rings. The lowest BCUT2D eigenvalue weighted by molar-refractivity contribution is -0.127. The summed E-state index contributed by atoms with van der Waals surface area (Å²) in [6.45, 7) is 4.02. The maximum Gasteiger partial charge on any atom is 0.261 e. The standard InChI is InChI=1S/C16H22N2O2/c1-5-11-18-16(19)12(3)20-15-10-8-7-9-13(15)14(6-2)17-4/h1,7-10,12,14,17H,6,11H2,2-4H3,(H,18,19). The van der Waals surface area contributed by atoms with Gasteiger partial charge in [0.2, 0.25) is 0 Å². The van der Waals surface area contributed by atoms with E-state index in [2.05, 4.69) is 23.5 Å². The normalized spacial score (nSPS) is 13.1. The van der Waals surface area contributed by atoms with Gasteiger partial charge in [-0.3, -0.25) is 4.79 Å². The number of terminal acetylenes is 1. The second kappa shape index (κ2) is 8.23. The summed E-state index contributed by atoms with van der Waals surface area (Å²) in [6.07, 6.45) is 5.47. The summed E-state index contributed by atoms with van der Waals surface area (Å²) in [5.41, 5.74) is 1.05. The number of nitrogens with one attached hydrogen (secondary N) is 2. The van der Waals surface area contributed by atoms with Crippen LogP contribution in [-0.4, -0.2) is 25.6 Å². The lowest BCUT2D eigenvalue weighted by Gasteiger charge is -2.21. The summed E-state index contributed by atoms with van der Waals surface area (Å²) in [7, 11) is 1.91. The van der Waals surface area contributed by atoms with Crippen LogP contribution >= 0.6 is 0 Å². The van der Waals surface area contributed by atoms with Gasteiger partial charge in [-0.25, -0.2) is 0 Å². The van der Waals surface area contributed by atoms with Crippen molar-refractivity contribution in [2.45, 2.75) is 32.4 Å². The Hall–Kier alpha value is -1.99. The highest BCUT2D eigenvalue weighted by Crippen LogP contribution is 2.27. The fourth-order valence-corrected chi connectivity index (χ4v) is 1.98. The molecule has 2 N–H and O–H groups in total. The van der Waals surface area contributed by atoms with E-state index in [1.165, 1.54) is 0 Å². The van der Waals surface area contributed by atoms with E-state index in [0.29, 0.717) is 0 Å². The van der Waals surface area contributed by atoms with Crippen LogP contribution in [0.2, 0.25) is 0 Å². The van der Waals surface area contributed by atoms with Crippen LogP contribution in [0.1, 0.15) is 31.9 Å². The molecule has 0 bridgehead atoms. The van der Waals surface area contributed by atoms with Crippen LogP contribution < -0.4 is 15.4 Å². The third-order valence-electron chi connectivity index (χ3n) is 3.09. The van der Waals surface area contributed by atoms with E-state index in [-0.39, 0.29) is 18.5 Å². The largest absolute Gasteiger partial charge is 0.481 e. The van der Waals surface area contributed by atoms with Gasteiger partial charge >= 0.3 is 0 Å². The van der Waals surface area contributed by atoms with Crippen molar-refractivity contribution in [2.24, 2.45) is 0 Å². The zero-order valence-electron chi connectivity index (χ0n) is 12.3. The van der Waals surface area contributed by atoms with Crippen molar-refractivity contribution < 1.29 is 9.53 Å². The molecule has 0 heterocycles. The average molecular weight is 274 g/mol. The van der Waals surface area contributed by atoms with Gasteiger partial charge < -0.3 is 15.4 Å². The molecule has 0 saturated carbocycles. The van der Waals surface area contributed by atoms with Gasteiger partial charge in [0, 0.05) is 11.6 Å². The predicted octanol–water partition coefficient (Wildman–Crippen LogP) is 1.87. The number of rotatable bonds is 7. The highest BCUT2D eigenvalue weighted by atomic mass is 16.5. The smallest absolute Gasteiger partial charge is 0.261 e. The molecule has 0 aliphatic carbocycles. The van der Waals surface area contributed by atoms with Crippen molar-refractivity contribution in [1.82, 2.24) is 10.6 Å². The molecule has 0 aliphatic rings. The van der Waals surface area contributed by atoms with Gasteiger partial charge in [-0.05, 0) is 26.5 Å². The number of benzene rings is 1. The quantitative estimate of drug-likeness (QED) is 0.746. The predicted molar refractivity (Wildman–Crippen MR) is 80.5 cm³/mol. The number of ether oxygens (including phenoxy) is 1. The summed E-state index contributed by atoms with van der Waals surface area (Å²) < 4.78 is 5.77. The fourth-order valence-electron chi connectivity index (χ4n) is 1.98. The first-order chi connectivity index (χ1) is 9.63. The van der Waals surface area contributed by atoms with Crippen LogP contribution in [0.15, 0.2) is 24.3 Å². The molecule has 4 nitrogen and oxygen atoms in total. The second-order valence-electron chi connectivity index (χ2n) is 4.47. The SMILES string of the molecule is C#CCNC(=O)C(C)Oc1ccccc1C(CC)NC. The maximum absolute atomic E-state index is 11.8. The lowest BCUT2D eigenvalue weighted by atomic mass is 10.0. The maximum atomic E-state index is 11.8. The van der Waals surface area contributed by atoms with Gasteiger partial charge in [0.15, 0.2) is 6.10 Å². The molecule has 20 heavy (non-hydrogen) atoms. The van der Waals surface area contributed by atoms with Crippen LogP contribution in [-0.2, 0) is 4.79 Å². The number of hydrogen-bond donors (Lipinski definition) is 2. The van der Waals surface area contributed by atoms with E-state index in [4.69, 9.17) is 11.2 Å². The van der Waals surface area contributed by atoms with Crippen molar-refractivity contribution >= 4 is 5.91 Å². The number of carbonyl (C=O) groups excluding carboxylic acids is 1. The summed E-state index contributed by atoms with van der Waals surface area (Å²) >= 11 is 0. The van der Waals surface area contributed by atoms with Crippen LogP contribution in [0, 0.1) is 12.3 Å². The molecule has 2 unspecified atom stereocenters. The summed E-state index contributed by atoms with van der Waals surface area (Å²) in [4.78, 5) is 11.8. The molecule has 2 atom stereocenters. The highest BCUT2D eigenvalue weighted by molar-refractivity contribution is 5.80. The number of carbonyl (C=O) groups is 1. The zero-order chi connectivity index (χ0) is 15.0. The summed E-state index contributed by atoms with van der Waals surface area (Å²) in [5, 5.41) is 5.85. The summed E-state index contributed by atoms with van der Waals surface area (Å²) in [5.74, 6) is 2.87. The Morgan fingerprint density at radius 3 is 2.75 bits per heavy atom. The molecule has 0 saturated heterocycles. The first-order valence-electron chi connectivity index (χ1n) is 6.78. The third kappa shape index (κ3) is 4.29. The van der Waals surface area contributed by atoms with Crippen LogP contribution in [0.4, 0.5) is 0 Å². The molecule has 0 spiro atoms. The van der Waals surface area contributed by atoms with Crippen molar-refractivity contribution in [2.75, 3.05) is 13.6 Å². The topological polar surface area (TPSA) is 50.4 Å². The van der Waals surface area contributed by atoms with E-state index in [9.17, 15) is 4.79 Å². The third-order valence-corrected chi connectivity index (χ3v) is 3.09. The molecule has 1 rings (SSSR count). The molecular weight excluding hydrogens is 252 g/mol. The first-order valence-corrected chi connectivity index (χ1v) is 6.78. The van der Waals surface area contributed by atoms with Gasteiger partial charge in [-0.15, -0.1) is 6.42 Å². The van der Waals surface area contributed by atoms with Crippen molar-refractivity contribution in [3.05, 3.63) is 29.8 Å². The molecule has 0 radical (unpaired) electrons. The van der Waals surface area contributed by atoms with Crippen LogP contribution in [0.3, 0.4) is 0 Å². The van der Waals surface area contributed by atoms with Gasteiger partial charge in [-0.1, -0.05) is 31.0 Å². The zero-order valence-corrected chi connectivity index (χ0v) is 12.3. The van der Waals surface area contributed by atoms with E-state index >= 15 is 0 Å². The molecule has 1 aromatic carbocycles. The van der Waals surface area contributed by atoms with E-state index in [0.717, 1.165) is 17.7 Å². The highest BCUT2D eigenvalue weighted by Gasteiger charge is 2.18. The molecule has 4 heteroatoms. The summed E-state index contributed by atoms with van der Waals surface area (Å²) in [6, 6.07) is 7.94. The Labute approximate surface area is 120 Å². The van der Waals surface area contributed by atoms with Crippen molar-refractivity contribution in [3.63, 3.8) is 0 Å². The Balaban J connectivity index is 2.82. The first kappa shape index (κ1) is 16.1. The van der Waals surface area contributed by atoms with E-state index < -0.39 is 6.10 Å². The molecule has 1 aromatic rings. The number of hydrogen-bond acceptors (Lipinski definition) is 3. The molecular formula is C16H22N2O2. The van der Waals surface area contributed by atoms with Crippen molar-refractivity contribution in [3.8, 4) is 18.1 Å². The minimum Gasteiger partial charge on any atom is -0.481 e. The minimum atomic E-state index is -0.584. The number of para-hydroxylation sites is 1. The van der Waals surface area contributed by atoms with Crippen molar-refractivity contribution in [1.29, 1.82) is 0 Å². The fraction of sp³-hybridized carbons (Fsp3) is 0.438. The Bertz CT molecular complexity index is 476. The molecule has 1 amide bonds. The molecule has 0 aliphatic heterocycles. The van der Waals surface area contributed by atoms with Gasteiger partial charge in [0.25, 0.3) is 5.91 Å². The Morgan fingerprint density at radius 1 is 1.45 bits per heavy atom. The molecule has 0 aromatic heterocycles. The van der Waals surface area contributed by atoms with Crippen LogP contribution in [0.5, 0.6) is 5.75 Å². The van der Waals surface area contributed by atoms with E-state index in [1.807, 2.05) is 31.3 Å². The van der Waals surface area contributed by atoms with E-state index in [1.54, 1.807) is 6.92 Å². The van der Waals surface area contributed by atoms with Gasteiger partial charge in [0.05, 0.1) is 6.54 Å². The average Bonchev–Trinajstić information content (AvgIpc) is 2.47. The van der Waals surface area contributed by atoms with Crippen LogP contribution in [0.25, 0.3) is 0 Å². The lowest BCUT2D eigenvalue weighted by Crippen LogP contribution is -2.36. The van der Waals surface area contributed by atoms with Gasteiger partial charge in [-0.2, -0.15) is 0 Å². The van der Waals surface area contributed by atoms with Gasteiger partial charge in [0.1, 0.15) is 5.75 Å². The number of amides is 1. The Morgan fingerprint density at radius 2 is 2.15 bits per heavy atom.